The fourth-order valence-electron chi connectivity index (χ4n) is 1.08. The highest BCUT2D eigenvalue weighted by Gasteiger charge is 2.03. The molecule has 0 aliphatic heterocycles. The first-order chi connectivity index (χ1) is 5.69. The van der Waals surface area contributed by atoms with Gasteiger partial charge in [-0.25, -0.2) is 0 Å². The maximum atomic E-state index is 8.94. The van der Waals surface area contributed by atoms with E-state index in [0.29, 0.717) is 0 Å². The second kappa shape index (κ2) is 4.03. The second-order valence-electron chi connectivity index (χ2n) is 2.69. The average Bonchev–Trinajstić information content (AvgIpc) is 2.09. The van der Waals surface area contributed by atoms with Crippen molar-refractivity contribution >= 4 is 15.9 Å². The van der Waals surface area contributed by atoms with Crippen molar-refractivity contribution in [3.63, 3.8) is 0 Å². The van der Waals surface area contributed by atoms with E-state index in [1.807, 2.05) is 19.1 Å². The summed E-state index contributed by atoms with van der Waals surface area (Å²) in [6.07, 6.45) is 0. The summed E-state index contributed by atoms with van der Waals surface area (Å²) in [4.78, 5) is 0. The molecule has 0 bridgehead atoms. The summed E-state index contributed by atoms with van der Waals surface area (Å²) in [6.45, 7) is 1.89. The highest BCUT2D eigenvalue weighted by Crippen LogP contribution is 2.21. The molecule has 1 aromatic carbocycles. The van der Waals surface area contributed by atoms with Gasteiger partial charge in [0.25, 0.3) is 0 Å². The smallest absolute Gasteiger partial charge is 0.0685 e. The van der Waals surface area contributed by atoms with E-state index in [-0.39, 0.29) is 13.2 Å². The largest absolute Gasteiger partial charge is 0.392 e. The third-order valence-corrected chi connectivity index (χ3v) is 2.68. The molecule has 66 valence electrons. The highest BCUT2D eigenvalue weighted by atomic mass is 79.9. The Morgan fingerprint density at radius 2 is 1.67 bits per heavy atom. The minimum Gasteiger partial charge on any atom is -0.392 e. The van der Waals surface area contributed by atoms with Gasteiger partial charge in [-0.15, -0.1) is 0 Å². The number of rotatable bonds is 2. The van der Waals surface area contributed by atoms with Crippen LogP contribution in [0.2, 0.25) is 0 Å². The summed E-state index contributed by atoms with van der Waals surface area (Å²) in [5.74, 6) is 0. The summed E-state index contributed by atoms with van der Waals surface area (Å²) in [7, 11) is 0. The maximum Gasteiger partial charge on any atom is 0.0685 e. The predicted molar refractivity (Wildman–Crippen MR) is 50.7 cm³/mol. The fraction of sp³-hybridized carbons (Fsp3) is 0.333. The van der Waals surface area contributed by atoms with Crippen LogP contribution < -0.4 is 0 Å². The van der Waals surface area contributed by atoms with Gasteiger partial charge in [0.15, 0.2) is 0 Å². The number of benzene rings is 1. The van der Waals surface area contributed by atoms with Crippen molar-refractivity contribution in [2.24, 2.45) is 0 Å². The molecule has 0 radical (unpaired) electrons. The Bertz CT molecular complexity index is 255. The van der Waals surface area contributed by atoms with E-state index in [1.165, 1.54) is 0 Å². The lowest BCUT2D eigenvalue weighted by atomic mass is 10.1. The topological polar surface area (TPSA) is 40.5 Å². The third-order valence-electron chi connectivity index (χ3n) is 1.82. The number of hydrogen-bond donors (Lipinski definition) is 2. The van der Waals surface area contributed by atoms with E-state index in [9.17, 15) is 0 Å². The maximum absolute atomic E-state index is 8.94. The summed E-state index contributed by atoms with van der Waals surface area (Å²) in [6, 6.07) is 3.70. The Labute approximate surface area is 80.0 Å². The van der Waals surface area contributed by atoms with Crippen LogP contribution in [-0.2, 0) is 13.2 Å². The van der Waals surface area contributed by atoms with Gasteiger partial charge < -0.3 is 10.2 Å². The highest BCUT2D eigenvalue weighted by molar-refractivity contribution is 9.10. The van der Waals surface area contributed by atoms with Crippen molar-refractivity contribution in [3.05, 3.63) is 33.3 Å². The normalized spacial score (nSPS) is 10.3. The molecule has 12 heavy (non-hydrogen) atoms. The second-order valence-corrected chi connectivity index (χ2v) is 3.54. The molecular weight excluding hydrogens is 220 g/mol. The number of hydrogen-bond acceptors (Lipinski definition) is 2. The molecule has 1 aromatic rings. The SMILES string of the molecule is Cc1cc(CO)c(CO)cc1Br. The number of halogens is 1. The molecule has 0 spiro atoms. The first-order valence-electron chi connectivity index (χ1n) is 3.68. The Morgan fingerprint density at radius 3 is 2.17 bits per heavy atom. The molecule has 3 heteroatoms. The van der Waals surface area contributed by atoms with Crippen molar-refractivity contribution in [3.8, 4) is 0 Å². The molecule has 0 saturated heterocycles. The van der Waals surface area contributed by atoms with Crippen LogP contribution in [0.4, 0.5) is 0 Å². The molecule has 0 atom stereocenters. The fourth-order valence-corrected chi connectivity index (χ4v) is 1.47. The summed E-state index contributed by atoms with van der Waals surface area (Å²) < 4.78 is 0.962. The lowest BCUT2D eigenvalue weighted by Crippen LogP contribution is -1.95. The zero-order valence-corrected chi connectivity index (χ0v) is 8.43. The van der Waals surface area contributed by atoms with E-state index in [2.05, 4.69) is 15.9 Å². The van der Waals surface area contributed by atoms with Crippen LogP contribution in [-0.4, -0.2) is 10.2 Å². The van der Waals surface area contributed by atoms with E-state index in [1.54, 1.807) is 0 Å². The predicted octanol–water partition coefficient (Wildman–Crippen LogP) is 1.74. The van der Waals surface area contributed by atoms with Crippen LogP contribution in [0.1, 0.15) is 16.7 Å². The molecule has 2 N–H and O–H groups in total. The van der Waals surface area contributed by atoms with Crippen molar-refractivity contribution < 1.29 is 10.2 Å². The third kappa shape index (κ3) is 1.86. The lowest BCUT2D eigenvalue weighted by molar-refractivity contribution is 0.260. The Kier molecular flexibility index (Phi) is 3.26. The first kappa shape index (κ1) is 9.71. The number of aliphatic hydroxyl groups is 2. The average molecular weight is 231 g/mol. The minimum absolute atomic E-state index is 0.0238. The molecule has 0 fully saturated rings. The van der Waals surface area contributed by atoms with Crippen LogP contribution in [0, 0.1) is 6.92 Å². The first-order valence-corrected chi connectivity index (χ1v) is 4.48. The van der Waals surface area contributed by atoms with Gasteiger partial charge in [0.1, 0.15) is 0 Å². The zero-order chi connectivity index (χ0) is 9.14. The molecule has 0 heterocycles. The minimum atomic E-state index is -0.0330. The zero-order valence-electron chi connectivity index (χ0n) is 6.84. The van der Waals surface area contributed by atoms with Gasteiger partial charge in [-0.05, 0) is 29.7 Å². The molecular formula is C9H11BrO2. The van der Waals surface area contributed by atoms with Gasteiger partial charge in [0, 0.05) is 4.47 Å². The van der Waals surface area contributed by atoms with Gasteiger partial charge in [-0.3, -0.25) is 0 Å². The van der Waals surface area contributed by atoms with Crippen LogP contribution in [0.3, 0.4) is 0 Å². The van der Waals surface area contributed by atoms with Gasteiger partial charge in [0.2, 0.25) is 0 Å². The number of aliphatic hydroxyl groups excluding tert-OH is 2. The van der Waals surface area contributed by atoms with E-state index in [4.69, 9.17) is 10.2 Å². The molecule has 2 nitrogen and oxygen atoms in total. The van der Waals surface area contributed by atoms with Gasteiger partial charge in [-0.1, -0.05) is 22.0 Å². The summed E-state index contributed by atoms with van der Waals surface area (Å²) in [5.41, 5.74) is 2.63. The summed E-state index contributed by atoms with van der Waals surface area (Å²) in [5, 5.41) is 17.9. The number of aryl methyl sites for hydroxylation is 1. The summed E-state index contributed by atoms with van der Waals surface area (Å²) >= 11 is 3.36. The lowest BCUT2D eigenvalue weighted by Gasteiger charge is -2.07. The van der Waals surface area contributed by atoms with E-state index < -0.39 is 0 Å². The standard InChI is InChI=1S/C9H11BrO2/c1-6-2-7(4-11)8(5-12)3-9(6)10/h2-3,11-12H,4-5H2,1H3. The molecule has 0 amide bonds. The van der Waals surface area contributed by atoms with Crippen LogP contribution in [0.15, 0.2) is 16.6 Å². The van der Waals surface area contributed by atoms with Gasteiger partial charge >= 0.3 is 0 Å². The Hall–Kier alpha value is -0.380. The molecule has 0 aromatic heterocycles. The quantitative estimate of drug-likeness (QED) is 0.813. The van der Waals surface area contributed by atoms with Crippen molar-refractivity contribution in [2.45, 2.75) is 20.1 Å². The van der Waals surface area contributed by atoms with Crippen molar-refractivity contribution in [2.75, 3.05) is 0 Å². The Balaban J connectivity index is 3.19. The van der Waals surface area contributed by atoms with E-state index >= 15 is 0 Å². The van der Waals surface area contributed by atoms with Gasteiger partial charge in [-0.2, -0.15) is 0 Å². The molecule has 0 saturated carbocycles. The molecule has 0 unspecified atom stereocenters. The van der Waals surface area contributed by atoms with Crippen LogP contribution in [0.25, 0.3) is 0 Å². The monoisotopic (exact) mass is 230 g/mol. The molecule has 1 rings (SSSR count). The van der Waals surface area contributed by atoms with Crippen LogP contribution >= 0.6 is 15.9 Å². The van der Waals surface area contributed by atoms with Gasteiger partial charge in [0.05, 0.1) is 13.2 Å². The molecule has 0 aliphatic carbocycles. The van der Waals surface area contributed by atoms with Crippen LogP contribution in [0.5, 0.6) is 0 Å². The molecule has 0 aliphatic rings. The Morgan fingerprint density at radius 1 is 1.17 bits per heavy atom. The van der Waals surface area contributed by atoms with Crippen molar-refractivity contribution in [1.29, 1.82) is 0 Å². The van der Waals surface area contributed by atoms with E-state index in [0.717, 1.165) is 21.2 Å². The van der Waals surface area contributed by atoms with Crippen molar-refractivity contribution in [1.82, 2.24) is 0 Å².